The number of aryl methyl sites for hydroxylation is 1. The summed E-state index contributed by atoms with van der Waals surface area (Å²) in [6.45, 7) is 3.57. The molecule has 0 fully saturated rings. The number of hydrogen-bond acceptors (Lipinski definition) is 4. The minimum atomic E-state index is -1.19. The number of nitrogens with zero attached hydrogens (tertiary/aromatic N) is 3. The largest absolute Gasteiger partial charge is 0.476 e. The van der Waals surface area contributed by atoms with Crippen LogP contribution in [0.25, 0.3) is 5.69 Å². The van der Waals surface area contributed by atoms with Crippen LogP contribution in [0, 0.1) is 12.7 Å². The Morgan fingerprint density at radius 3 is 2.81 bits per heavy atom. The van der Waals surface area contributed by atoms with Crippen LogP contribution >= 0.6 is 0 Å². The smallest absolute Gasteiger partial charge is 0.356 e. The standard InChI is InChI=1S/C14H17FN4O2/c1-3-4-11(16)12-13(14(20)21)19(18-17-12)9-6-5-8(2)10(15)7-9/h5-7,11H,3-4,16H2,1-2H3,(H,20,21). The molecule has 1 heterocycles. The summed E-state index contributed by atoms with van der Waals surface area (Å²) in [4.78, 5) is 11.5. The van der Waals surface area contributed by atoms with Crippen molar-refractivity contribution in [2.75, 3.05) is 0 Å². The number of aromatic nitrogens is 3. The number of aromatic carboxylic acids is 1. The highest BCUT2D eigenvalue weighted by atomic mass is 19.1. The molecule has 0 saturated carbocycles. The van der Waals surface area contributed by atoms with Crippen LogP contribution in [-0.2, 0) is 0 Å². The second-order valence-electron chi connectivity index (χ2n) is 4.87. The van der Waals surface area contributed by atoms with Crippen LogP contribution < -0.4 is 5.73 Å². The van der Waals surface area contributed by atoms with E-state index < -0.39 is 17.8 Å². The first kappa shape index (κ1) is 15.1. The minimum Gasteiger partial charge on any atom is -0.476 e. The molecular formula is C14H17FN4O2. The van der Waals surface area contributed by atoms with Gasteiger partial charge in [-0.2, -0.15) is 0 Å². The molecule has 3 N–H and O–H groups in total. The summed E-state index contributed by atoms with van der Waals surface area (Å²) >= 11 is 0. The predicted molar refractivity (Wildman–Crippen MR) is 74.8 cm³/mol. The normalized spacial score (nSPS) is 12.4. The maximum Gasteiger partial charge on any atom is 0.356 e. The van der Waals surface area contributed by atoms with E-state index in [4.69, 9.17) is 5.73 Å². The zero-order chi connectivity index (χ0) is 15.6. The van der Waals surface area contributed by atoms with Gasteiger partial charge in [-0.15, -0.1) is 5.10 Å². The fourth-order valence-corrected chi connectivity index (χ4v) is 2.09. The number of rotatable bonds is 5. The summed E-state index contributed by atoms with van der Waals surface area (Å²) in [5.74, 6) is -1.62. The van der Waals surface area contributed by atoms with Gasteiger partial charge in [0.05, 0.1) is 11.7 Å². The van der Waals surface area contributed by atoms with Gasteiger partial charge >= 0.3 is 5.97 Å². The SMILES string of the molecule is CCCC(N)c1nnn(-c2ccc(C)c(F)c2)c1C(=O)O. The van der Waals surface area contributed by atoms with Crippen molar-refractivity contribution in [2.24, 2.45) is 5.73 Å². The Labute approximate surface area is 121 Å². The number of nitrogens with two attached hydrogens (primary N) is 1. The van der Waals surface area contributed by atoms with Crippen LogP contribution in [0.15, 0.2) is 18.2 Å². The number of carboxylic acid groups (broad SMARTS) is 1. The number of carboxylic acids is 1. The molecule has 0 saturated heterocycles. The van der Waals surface area contributed by atoms with Crippen molar-refractivity contribution in [2.45, 2.75) is 32.7 Å². The Kier molecular flexibility index (Phi) is 4.32. The van der Waals surface area contributed by atoms with E-state index in [1.165, 1.54) is 6.07 Å². The highest BCUT2D eigenvalue weighted by molar-refractivity contribution is 5.87. The molecule has 0 aliphatic carbocycles. The highest BCUT2D eigenvalue weighted by Crippen LogP contribution is 2.21. The topological polar surface area (TPSA) is 94.0 Å². The summed E-state index contributed by atoms with van der Waals surface area (Å²) in [6.07, 6.45) is 1.40. The molecule has 1 aromatic heterocycles. The summed E-state index contributed by atoms with van der Waals surface area (Å²) in [6, 6.07) is 3.87. The lowest BCUT2D eigenvalue weighted by molar-refractivity contribution is 0.0685. The molecule has 1 atom stereocenters. The molecular weight excluding hydrogens is 275 g/mol. The van der Waals surface area contributed by atoms with Crippen molar-refractivity contribution < 1.29 is 14.3 Å². The van der Waals surface area contributed by atoms with Gasteiger partial charge in [0, 0.05) is 0 Å². The Hall–Kier alpha value is -2.28. The number of benzene rings is 1. The molecule has 0 spiro atoms. The Bertz CT molecular complexity index is 669. The van der Waals surface area contributed by atoms with Crippen LogP contribution in [0.1, 0.15) is 47.6 Å². The van der Waals surface area contributed by atoms with Crippen molar-refractivity contribution in [1.82, 2.24) is 15.0 Å². The van der Waals surface area contributed by atoms with Gasteiger partial charge < -0.3 is 10.8 Å². The third kappa shape index (κ3) is 2.92. The van der Waals surface area contributed by atoms with E-state index >= 15 is 0 Å². The first-order chi connectivity index (χ1) is 9.95. The van der Waals surface area contributed by atoms with Gasteiger partial charge in [0.1, 0.15) is 11.5 Å². The molecule has 0 amide bonds. The van der Waals surface area contributed by atoms with Crippen LogP contribution in [-0.4, -0.2) is 26.1 Å². The van der Waals surface area contributed by atoms with E-state index in [9.17, 15) is 14.3 Å². The summed E-state index contributed by atoms with van der Waals surface area (Å²) in [5.41, 5.74) is 6.80. The lowest BCUT2D eigenvalue weighted by atomic mass is 10.1. The molecule has 1 aromatic carbocycles. The second kappa shape index (κ2) is 6.01. The number of halogens is 1. The van der Waals surface area contributed by atoms with Crippen LogP contribution in [0.4, 0.5) is 4.39 Å². The summed E-state index contributed by atoms with van der Waals surface area (Å²) < 4.78 is 14.8. The Morgan fingerprint density at radius 1 is 1.52 bits per heavy atom. The molecule has 2 aromatic rings. The second-order valence-corrected chi connectivity index (χ2v) is 4.87. The minimum absolute atomic E-state index is 0.126. The molecule has 6 nitrogen and oxygen atoms in total. The van der Waals surface area contributed by atoms with E-state index in [-0.39, 0.29) is 11.4 Å². The third-order valence-corrected chi connectivity index (χ3v) is 3.25. The van der Waals surface area contributed by atoms with Crippen molar-refractivity contribution in [3.8, 4) is 5.69 Å². The van der Waals surface area contributed by atoms with Crippen molar-refractivity contribution in [3.63, 3.8) is 0 Å². The Morgan fingerprint density at radius 2 is 2.24 bits per heavy atom. The first-order valence-corrected chi connectivity index (χ1v) is 6.66. The molecule has 0 radical (unpaired) electrons. The van der Waals surface area contributed by atoms with Gasteiger partial charge in [-0.05, 0) is 31.0 Å². The quantitative estimate of drug-likeness (QED) is 0.881. The molecule has 0 bridgehead atoms. The molecule has 0 aliphatic rings. The van der Waals surface area contributed by atoms with Gasteiger partial charge in [-0.3, -0.25) is 0 Å². The summed E-state index contributed by atoms with van der Waals surface area (Å²) in [7, 11) is 0. The fraction of sp³-hybridized carbons (Fsp3) is 0.357. The molecule has 21 heavy (non-hydrogen) atoms. The van der Waals surface area contributed by atoms with E-state index in [1.807, 2.05) is 6.92 Å². The van der Waals surface area contributed by atoms with Gasteiger partial charge in [0.25, 0.3) is 0 Å². The molecule has 1 unspecified atom stereocenters. The van der Waals surface area contributed by atoms with Crippen LogP contribution in [0.3, 0.4) is 0 Å². The highest BCUT2D eigenvalue weighted by Gasteiger charge is 2.24. The average molecular weight is 292 g/mol. The monoisotopic (exact) mass is 292 g/mol. The average Bonchev–Trinajstić information content (AvgIpc) is 2.87. The zero-order valence-electron chi connectivity index (χ0n) is 11.9. The van der Waals surface area contributed by atoms with E-state index in [0.717, 1.165) is 11.1 Å². The lowest BCUT2D eigenvalue weighted by Crippen LogP contribution is -2.17. The molecule has 7 heteroatoms. The molecule has 0 aliphatic heterocycles. The van der Waals surface area contributed by atoms with Gasteiger partial charge in [0.15, 0.2) is 5.69 Å². The predicted octanol–water partition coefficient (Wildman–Crippen LogP) is 2.21. The first-order valence-electron chi connectivity index (χ1n) is 6.66. The number of hydrogen-bond donors (Lipinski definition) is 2. The van der Waals surface area contributed by atoms with Gasteiger partial charge in [-0.25, -0.2) is 13.9 Å². The van der Waals surface area contributed by atoms with E-state index in [2.05, 4.69) is 10.3 Å². The number of carbonyl (C=O) groups is 1. The zero-order valence-corrected chi connectivity index (χ0v) is 11.9. The van der Waals surface area contributed by atoms with Gasteiger partial charge in [-0.1, -0.05) is 24.6 Å². The van der Waals surface area contributed by atoms with Crippen molar-refractivity contribution >= 4 is 5.97 Å². The molecule has 2 rings (SSSR count). The maximum atomic E-state index is 13.7. The molecule has 112 valence electrons. The van der Waals surface area contributed by atoms with Crippen molar-refractivity contribution in [3.05, 3.63) is 41.0 Å². The lowest BCUT2D eigenvalue weighted by Gasteiger charge is -2.09. The van der Waals surface area contributed by atoms with Gasteiger partial charge in [0.2, 0.25) is 0 Å². The van der Waals surface area contributed by atoms with Crippen LogP contribution in [0.5, 0.6) is 0 Å². The summed E-state index contributed by atoms with van der Waals surface area (Å²) in [5, 5.41) is 17.1. The van der Waals surface area contributed by atoms with Crippen molar-refractivity contribution in [1.29, 1.82) is 0 Å². The third-order valence-electron chi connectivity index (χ3n) is 3.25. The van der Waals surface area contributed by atoms with E-state index in [0.29, 0.717) is 17.7 Å². The maximum absolute atomic E-state index is 13.7. The Balaban J connectivity index is 2.54. The van der Waals surface area contributed by atoms with Crippen LogP contribution in [0.2, 0.25) is 0 Å². The fourth-order valence-electron chi connectivity index (χ4n) is 2.09. The van der Waals surface area contributed by atoms with E-state index in [1.54, 1.807) is 19.1 Å².